The van der Waals surface area contributed by atoms with Crippen LogP contribution in [0.3, 0.4) is 0 Å². The maximum Gasteiger partial charge on any atom is 0.323 e. The molecule has 1 fully saturated rings. The fourth-order valence-electron chi connectivity index (χ4n) is 2.51. The Kier molecular flexibility index (Phi) is 6.25. The molecule has 1 saturated carbocycles. The highest BCUT2D eigenvalue weighted by Crippen LogP contribution is 2.48. The second-order valence-corrected chi connectivity index (χ2v) is 8.96. The van der Waals surface area contributed by atoms with Gasteiger partial charge in [-0.1, -0.05) is 32.0 Å². The molecule has 5 nitrogen and oxygen atoms in total. The van der Waals surface area contributed by atoms with Crippen molar-refractivity contribution in [1.29, 1.82) is 0 Å². The molecule has 0 saturated heterocycles. The molecule has 0 spiro atoms. The van der Waals surface area contributed by atoms with Gasteiger partial charge in [-0.15, -0.1) is 0 Å². The lowest BCUT2D eigenvalue weighted by atomic mass is 10.3. The van der Waals surface area contributed by atoms with Crippen molar-refractivity contribution in [3.63, 3.8) is 0 Å². The summed E-state index contributed by atoms with van der Waals surface area (Å²) in [5.74, 6) is 0.155. The van der Waals surface area contributed by atoms with Crippen molar-refractivity contribution >= 4 is 13.5 Å². The number of rotatable bonds is 7. The van der Waals surface area contributed by atoms with E-state index in [2.05, 4.69) is 5.09 Å². The third-order valence-electron chi connectivity index (χ3n) is 3.98. The van der Waals surface area contributed by atoms with Crippen molar-refractivity contribution in [1.82, 2.24) is 5.09 Å². The summed E-state index contributed by atoms with van der Waals surface area (Å²) in [5, 5.41) is 2.87. The van der Waals surface area contributed by atoms with Crippen LogP contribution in [0, 0.1) is 0 Å². The second kappa shape index (κ2) is 7.98. The molecular weight excluding hydrogens is 313 g/mol. The summed E-state index contributed by atoms with van der Waals surface area (Å²) in [7, 11) is -3.22. The van der Waals surface area contributed by atoms with Crippen molar-refractivity contribution in [2.24, 2.45) is 0 Å². The fraction of sp³-hybridized carbons (Fsp3) is 0.588. The molecule has 1 aromatic rings. The lowest BCUT2D eigenvalue weighted by Crippen LogP contribution is -2.37. The SMILES string of the molecule is CC(C)P(=O)(N[C@H](C)C(=O)OC1CCCC1)Oc1ccccc1. The molecular formula is C17H26NO4P. The quantitative estimate of drug-likeness (QED) is 0.598. The number of benzene rings is 1. The largest absolute Gasteiger partial charge is 0.461 e. The highest BCUT2D eigenvalue weighted by molar-refractivity contribution is 7.58. The number of hydrogen-bond donors (Lipinski definition) is 1. The van der Waals surface area contributed by atoms with E-state index < -0.39 is 13.6 Å². The van der Waals surface area contributed by atoms with E-state index in [9.17, 15) is 9.36 Å². The van der Waals surface area contributed by atoms with Gasteiger partial charge in [0.2, 0.25) is 0 Å². The second-order valence-electron chi connectivity index (χ2n) is 6.29. The molecule has 0 radical (unpaired) electrons. The number of nitrogens with one attached hydrogen (secondary N) is 1. The average molecular weight is 339 g/mol. The number of carbonyl (C=O) groups is 1. The highest BCUT2D eigenvalue weighted by Gasteiger charge is 2.34. The monoisotopic (exact) mass is 339 g/mol. The molecule has 2 atom stereocenters. The summed E-state index contributed by atoms with van der Waals surface area (Å²) in [5.41, 5.74) is -0.260. The van der Waals surface area contributed by atoms with Crippen molar-refractivity contribution in [3.05, 3.63) is 30.3 Å². The van der Waals surface area contributed by atoms with E-state index in [1.807, 2.05) is 32.0 Å². The Morgan fingerprint density at radius 1 is 1.17 bits per heavy atom. The van der Waals surface area contributed by atoms with Crippen molar-refractivity contribution in [2.45, 2.75) is 64.3 Å². The van der Waals surface area contributed by atoms with Crippen molar-refractivity contribution in [3.8, 4) is 5.75 Å². The predicted molar refractivity (Wildman–Crippen MR) is 90.8 cm³/mol. The first-order valence-electron chi connectivity index (χ1n) is 8.23. The molecule has 1 aliphatic carbocycles. The summed E-state index contributed by atoms with van der Waals surface area (Å²) in [6.45, 7) is 5.29. The molecule has 1 N–H and O–H groups in total. The number of carbonyl (C=O) groups excluding carboxylic acids is 1. The highest BCUT2D eigenvalue weighted by atomic mass is 31.2. The van der Waals surface area contributed by atoms with Crippen LogP contribution < -0.4 is 9.61 Å². The first-order valence-corrected chi connectivity index (χ1v) is 9.93. The molecule has 0 bridgehead atoms. The summed E-state index contributed by atoms with van der Waals surface area (Å²) in [6, 6.07) is 8.32. The molecule has 0 amide bonds. The zero-order valence-corrected chi connectivity index (χ0v) is 14.9. The summed E-state index contributed by atoms with van der Waals surface area (Å²) in [6.07, 6.45) is 4.03. The van der Waals surface area contributed by atoms with E-state index in [0.29, 0.717) is 5.75 Å². The van der Waals surface area contributed by atoms with Gasteiger partial charge in [-0.05, 0) is 44.7 Å². The lowest BCUT2D eigenvalue weighted by Gasteiger charge is -2.26. The average Bonchev–Trinajstić information content (AvgIpc) is 3.00. The summed E-state index contributed by atoms with van der Waals surface area (Å²) in [4.78, 5) is 12.2. The zero-order chi connectivity index (χ0) is 16.9. The minimum absolute atomic E-state index is 0.000210. The van der Waals surface area contributed by atoms with Crippen LogP contribution in [0.15, 0.2) is 30.3 Å². The Morgan fingerprint density at radius 2 is 1.78 bits per heavy atom. The van der Waals surface area contributed by atoms with E-state index in [4.69, 9.17) is 9.26 Å². The minimum Gasteiger partial charge on any atom is -0.461 e. The molecule has 23 heavy (non-hydrogen) atoms. The van der Waals surface area contributed by atoms with Crippen LogP contribution in [0.4, 0.5) is 0 Å². The van der Waals surface area contributed by atoms with Gasteiger partial charge < -0.3 is 9.26 Å². The predicted octanol–water partition coefficient (Wildman–Crippen LogP) is 4.13. The maximum absolute atomic E-state index is 13.1. The van der Waals surface area contributed by atoms with Gasteiger partial charge in [-0.2, -0.15) is 0 Å². The Hall–Kier alpha value is -1.32. The molecule has 1 aliphatic rings. The van der Waals surface area contributed by atoms with Gasteiger partial charge in [0, 0.05) is 0 Å². The molecule has 2 rings (SSSR count). The number of ether oxygens (including phenoxy) is 1. The molecule has 0 heterocycles. The Morgan fingerprint density at radius 3 is 2.35 bits per heavy atom. The molecule has 0 aliphatic heterocycles. The molecule has 1 unspecified atom stereocenters. The van der Waals surface area contributed by atoms with E-state index in [0.717, 1.165) is 25.7 Å². The Balaban J connectivity index is 1.99. The van der Waals surface area contributed by atoms with Gasteiger partial charge in [0.25, 0.3) is 0 Å². The standard InChI is InChI=1S/C17H26NO4P/c1-13(2)23(20,22-16-11-5-4-6-12-16)18-14(3)17(19)21-15-9-7-8-10-15/h4-6,11-15H,7-10H2,1-3H3,(H,18,20)/t14-,23?/m1/s1. The number of esters is 1. The number of hydrogen-bond acceptors (Lipinski definition) is 4. The van der Waals surface area contributed by atoms with Gasteiger partial charge in [-0.3, -0.25) is 9.36 Å². The summed E-state index contributed by atoms with van der Waals surface area (Å²) >= 11 is 0. The van der Waals surface area contributed by atoms with E-state index in [1.165, 1.54) is 0 Å². The molecule has 6 heteroatoms. The maximum atomic E-state index is 13.1. The molecule has 1 aromatic carbocycles. The molecule has 128 valence electrons. The topological polar surface area (TPSA) is 64.6 Å². The summed E-state index contributed by atoms with van der Waals surface area (Å²) < 4.78 is 24.3. The third-order valence-corrected chi connectivity index (χ3v) is 6.57. The van der Waals surface area contributed by atoms with E-state index in [1.54, 1.807) is 19.1 Å². The van der Waals surface area contributed by atoms with Crippen LogP contribution in [-0.4, -0.2) is 23.8 Å². The van der Waals surface area contributed by atoms with Gasteiger partial charge in [0.15, 0.2) is 0 Å². The minimum atomic E-state index is -3.22. The lowest BCUT2D eigenvalue weighted by molar-refractivity contribution is -0.150. The zero-order valence-electron chi connectivity index (χ0n) is 14.0. The van der Waals surface area contributed by atoms with E-state index in [-0.39, 0.29) is 17.7 Å². The van der Waals surface area contributed by atoms with Gasteiger partial charge in [0.1, 0.15) is 17.9 Å². The van der Waals surface area contributed by atoms with Crippen LogP contribution in [0.2, 0.25) is 0 Å². The van der Waals surface area contributed by atoms with Crippen molar-refractivity contribution < 1.29 is 18.6 Å². The first kappa shape index (κ1) is 18.0. The van der Waals surface area contributed by atoms with Crippen LogP contribution in [-0.2, 0) is 14.1 Å². The van der Waals surface area contributed by atoms with Gasteiger partial charge in [-0.25, -0.2) is 5.09 Å². The van der Waals surface area contributed by atoms with Crippen LogP contribution in [0.25, 0.3) is 0 Å². The van der Waals surface area contributed by atoms with Crippen LogP contribution >= 0.6 is 7.52 Å². The van der Waals surface area contributed by atoms with Gasteiger partial charge in [0.05, 0.1) is 5.66 Å². The first-order chi connectivity index (χ1) is 10.9. The smallest absolute Gasteiger partial charge is 0.323 e. The van der Waals surface area contributed by atoms with Gasteiger partial charge >= 0.3 is 13.5 Å². The number of para-hydroxylation sites is 1. The fourth-order valence-corrected chi connectivity index (χ4v) is 4.16. The third kappa shape index (κ3) is 5.08. The van der Waals surface area contributed by atoms with Crippen LogP contribution in [0.1, 0.15) is 46.5 Å². The Labute approximate surface area is 138 Å². The van der Waals surface area contributed by atoms with Crippen LogP contribution in [0.5, 0.6) is 5.75 Å². The van der Waals surface area contributed by atoms with E-state index >= 15 is 0 Å². The normalized spacial score (nSPS) is 19.3. The Bertz CT molecular complexity index is 555. The molecule has 0 aromatic heterocycles. The van der Waals surface area contributed by atoms with Crippen molar-refractivity contribution in [2.75, 3.05) is 0 Å².